The lowest BCUT2D eigenvalue weighted by molar-refractivity contribution is -0.384. The van der Waals surface area contributed by atoms with Crippen molar-refractivity contribution in [3.05, 3.63) is 69.8 Å². The first-order valence-corrected chi connectivity index (χ1v) is 6.20. The zero-order chi connectivity index (χ0) is 14.5. The molecule has 2 rings (SSSR count). The van der Waals surface area contributed by atoms with Gasteiger partial charge < -0.3 is 9.84 Å². The van der Waals surface area contributed by atoms with Gasteiger partial charge in [-0.3, -0.25) is 10.1 Å². The molecule has 104 valence electrons. The van der Waals surface area contributed by atoms with Crippen LogP contribution in [0.1, 0.15) is 24.2 Å². The van der Waals surface area contributed by atoms with E-state index >= 15 is 0 Å². The highest BCUT2D eigenvalue weighted by Crippen LogP contribution is 2.20. The third-order valence-electron chi connectivity index (χ3n) is 2.87. The molecule has 0 saturated carbocycles. The van der Waals surface area contributed by atoms with Gasteiger partial charge in [-0.2, -0.15) is 0 Å². The van der Waals surface area contributed by atoms with Gasteiger partial charge in [0.25, 0.3) is 5.69 Å². The fraction of sp³-hybridized carbons (Fsp3) is 0.200. The second kappa shape index (κ2) is 6.16. The highest BCUT2D eigenvalue weighted by molar-refractivity contribution is 5.35. The fourth-order valence-electron chi connectivity index (χ4n) is 1.79. The van der Waals surface area contributed by atoms with Crippen LogP contribution < -0.4 is 4.74 Å². The summed E-state index contributed by atoms with van der Waals surface area (Å²) >= 11 is 0. The second-order valence-electron chi connectivity index (χ2n) is 4.46. The van der Waals surface area contributed by atoms with Gasteiger partial charge >= 0.3 is 0 Å². The Balaban J connectivity index is 2.07. The molecule has 0 heterocycles. The van der Waals surface area contributed by atoms with E-state index in [0.29, 0.717) is 5.75 Å². The molecule has 2 aromatic rings. The normalized spacial score (nSPS) is 11.9. The molecule has 0 aromatic heterocycles. The summed E-state index contributed by atoms with van der Waals surface area (Å²) in [5, 5.41) is 20.2. The summed E-state index contributed by atoms with van der Waals surface area (Å²) in [6, 6.07) is 13.5. The summed E-state index contributed by atoms with van der Waals surface area (Å²) in [7, 11) is 0. The van der Waals surface area contributed by atoms with Gasteiger partial charge in [0, 0.05) is 12.1 Å². The Morgan fingerprint density at radius 2 is 2.00 bits per heavy atom. The molecular formula is C15H15NO4. The monoisotopic (exact) mass is 273 g/mol. The lowest BCUT2D eigenvalue weighted by Gasteiger charge is -2.09. The molecule has 0 aliphatic carbocycles. The van der Waals surface area contributed by atoms with E-state index in [-0.39, 0.29) is 12.3 Å². The number of aliphatic hydroxyl groups excluding tert-OH is 1. The van der Waals surface area contributed by atoms with Crippen molar-refractivity contribution in [2.75, 3.05) is 0 Å². The van der Waals surface area contributed by atoms with Gasteiger partial charge in [0.15, 0.2) is 0 Å². The van der Waals surface area contributed by atoms with Crippen LogP contribution in [0, 0.1) is 10.1 Å². The molecule has 0 radical (unpaired) electrons. The fourth-order valence-corrected chi connectivity index (χ4v) is 1.79. The minimum absolute atomic E-state index is 0.0452. The van der Waals surface area contributed by atoms with Gasteiger partial charge in [0.05, 0.1) is 11.0 Å². The maximum absolute atomic E-state index is 10.7. The third-order valence-corrected chi connectivity index (χ3v) is 2.87. The molecule has 0 amide bonds. The lowest BCUT2D eigenvalue weighted by atomic mass is 10.1. The Hall–Kier alpha value is -2.40. The Kier molecular flexibility index (Phi) is 4.32. The molecule has 0 unspecified atom stereocenters. The minimum atomic E-state index is -0.559. The average molecular weight is 273 g/mol. The van der Waals surface area contributed by atoms with Crippen LogP contribution in [0.25, 0.3) is 0 Å². The van der Waals surface area contributed by atoms with Crippen molar-refractivity contribution in [1.82, 2.24) is 0 Å². The summed E-state index contributed by atoms with van der Waals surface area (Å²) in [5.41, 5.74) is 1.53. The van der Waals surface area contributed by atoms with Crippen molar-refractivity contribution in [2.24, 2.45) is 0 Å². The smallest absolute Gasteiger partial charge is 0.269 e. The van der Waals surface area contributed by atoms with E-state index in [1.807, 2.05) is 6.07 Å². The van der Waals surface area contributed by atoms with Crippen LogP contribution in [0.2, 0.25) is 0 Å². The number of hydrogen-bond donors (Lipinski definition) is 1. The van der Waals surface area contributed by atoms with E-state index in [9.17, 15) is 15.2 Å². The van der Waals surface area contributed by atoms with Crippen LogP contribution >= 0.6 is 0 Å². The van der Waals surface area contributed by atoms with E-state index in [1.54, 1.807) is 37.3 Å². The van der Waals surface area contributed by atoms with Gasteiger partial charge in [-0.1, -0.05) is 24.3 Å². The Morgan fingerprint density at radius 1 is 1.25 bits per heavy atom. The SMILES string of the molecule is C[C@H](O)c1cccc(OCc2cccc([N+](=O)[O-])c2)c1. The van der Waals surface area contributed by atoms with Crippen LogP contribution in [-0.4, -0.2) is 10.0 Å². The molecule has 2 aromatic carbocycles. The Morgan fingerprint density at radius 3 is 2.70 bits per heavy atom. The number of ether oxygens (including phenoxy) is 1. The van der Waals surface area contributed by atoms with Gasteiger partial charge in [-0.25, -0.2) is 0 Å². The molecule has 0 aliphatic heterocycles. The number of nitrogens with zero attached hydrogens (tertiary/aromatic N) is 1. The van der Waals surface area contributed by atoms with Crippen LogP contribution in [0.5, 0.6) is 5.75 Å². The molecule has 5 nitrogen and oxygen atoms in total. The van der Waals surface area contributed by atoms with Gasteiger partial charge in [-0.15, -0.1) is 0 Å². The highest BCUT2D eigenvalue weighted by Gasteiger charge is 2.06. The van der Waals surface area contributed by atoms with Crippen molar-refractivity contribution in [2.45, 2.75) is 19.6 Å². The van der Waals surface area contributed by atoms with Gasteiger partial charge in [0.2, 0.25) is 0 Å². The average Bonchev–Trinajstić information content (AvgIpc) is 2.45. The molecule has 0 saturated heterocycles. The quantitative estimate of drug-likeness (QED) is 0.670. The van der Waals surface area contributed by atoms with Crippen molar-refractivity contribution < 1.29 is 14.8 Å². The van der Waals surface area contributed by atoms with Crippen molar-refractivity contribution in [1.29, 1.82) is 0 Å². The molecule has 5 heteroatoms. The second-order valence-corrected chi connectivity index (χ2v) is 4.46. The maximum Gasteiger partial charge on any atom is 0.269 e. The lowest BCUT2D eigenvalue weighted by Crippen LogP contribution is -1.98. The summed E-state index contributed by atoms with van der Waals surface area (Å²) < 4.78 is 5.58. The van der Waals surface area contributed by atoms with Crippen molar-refractivity contribution in [3.63, 3.8) is 0 Å². The highest BCUT2D eigenvalue weighted by atomic mass is 16.6. The number of nitro groups is 1. The zero-order valence-electron chi connectivity index (χ0n) is 11.0. The first kappa shape index (κ1) is 14.0. The van der Waals surface area contributed by atoms with Crippen molar-refractivity contribution in [3.8, 4) is 5.75 Å². The molecule has 0 aliphatic rings. The topological polar surface area (TPSA) is 72.6 Å². The molecule has 20 heavy (non-hydrogen) atoms. The Labute approximate surface area is 116 Å². The first-order chi connectivity index (χ1) is 9.56. The van der Waals surface area contributed by atoms with Crippen LogP contribution in [0.15, 0.2) is 48.5 Å². The largest absolute Gasteiger partial charge is 0.489 e. The van der Waals surface area contributed by atoms with E-state index < -0.39 is 11.0 Å². The van der Waals surface area contributed by atoms with Crippen molar-refractivity contribution >= 4 is 5.69 Å². The predicted octanol–water partition coefficient (Wildman–Crippen LogP) is 3.23. The molecule has 0 spiro atoms. The van der Waals surface area contributed by atoms with E-state index in [0.717, 1.165) is 11.1 Å². The molecular weight excluding hydrogens is 258 g/mol. The summed E-state index contributed by atoms with van der Waals surface area (Å²) in [5.74, 6) is 0.620. The van der Waals surface area contributed by atoms with Crippen LogP contribution in [0.4, 0.5) is 5.69 Å². The minimum Gasteiger partial charge on any atom is -0.489 e. The number of nitro benzene ring substituents is 1. The molecule has 0 fully saturated rings. The van der Waals surface area contributed by atoms with Gasteiger partial charge in [-0.05, 0) is 30.2 Å². The van der Waals surface area contributed by atoms with Crippen LogP contribution in [0.3, 0.4) is 0 Å². The molecule has 1 atom stereocenters. The first-order valence-electron chi connectivity index (χ1n) is 6.20. The third kappa shape index (κ3) is 3.55. The van der Waals surface area contributed by atoms with E-state index in [4.69, 9.17) is 4.74 Å². The number of rotatable bonds is 5. The molecule has 0 bridgehead atoms. The van der Waals surface area contributed by atoms with Crippen LogP contribution in [-0.2, 0) is 6.61 Å². The van der Waals surface area contributed by atoms with E-state index in [2.05, 4.69) is 0 Å². The molecule has 1 N–H and O–H groups in total. The Bertz CT molecular complexity index is 610. The summed E-state index contributed by atoms with van der Waals surface area (Å²) in [6.07, 6.45) is -0.559. The number of hydrogen-bond acceptors (Lipinski definition) is 4. The summed E-state index contributed by atoms with van der Waals surface area (Å²) in [4.78, 5) is 10.3. The number of benzene rings is 2. The zero-order valence-corrected chi connectivity index (χ0v) is 11.0. The van der Waals surface area contributed by atoms with E-state index in [1.165, 1.54) is 12.1 Å². The number of non-ortho nitro benzene ring substituents is 1. The maximum atomic E-state index is 10.7. The number of aliphatic hydroxyl groups is 1. The summed E-state index contributed by atoms with van der Waals surface area (Å²) in [6.45, 7) is 1.92. The predicted molar refractivity (Wildman–Crippen MR) is 74.5 cm³/mol. The standard InChI is InChI=1S/C15H15NO4/c1-11(17)13-5-3-7-15(9-13)20-10-12-4-2-6-14(8-12)16(18)19/h2-9,11,17H,10H2,1H3/t11-/m0/s1. The van der Waals surface area contributed by atoms with Gasteiger partial charge in [0.1, 0.15) is 12.4 Å².